The summed E-state index contributed by atoms with van der Waals surface area (Å²) in [5, 5.41) is 30.4. The van der Waals surface area contributed by atoms with Crippen molar-refractivity contribution in [3.05, 3.63) is 59.7 Å². The second-order valence-corrected chi connectivity index (χ2v) is 17.3. The average molecular weight is 822 g/mol. The van der Waals surface area contributed by atoms with E-state index in [9.17, 15) is 29.4 Å². The summed E-state index contributed by atoms with van der Waals surface area (Å²) in [7, 11) is 0. The van der Waals surface area contributed by atoms with Crippen LogP contribution in [0.3, 0.4) is 0 Å². The van der Waals surface area contributed by atoms with Gasteiger partial charge >= 0.3 is 12.2 Å². The molecule has 6 rings (SSSR count). The zero-order chi connectivity index (χ0) is 41.4. The number of carbonyl (C=O) groups is 4. The molecule has 2 aliphatic rings. The van der Waals surface area contributed by atoms with Crippen molar-refractivity contribution >= 4 is 91.5 Å². The molecule has 0 bridgehead atoms. The lowest BCUT2D eigenvalue weighted by Crippen LogP contribution is -2.36. The van der Waals surface area contributed by atoms with Crippen LogP contribution in [0, 0.1) is 0 Å². The first-order valence-electron chi connectivity index (χ1n) is 19.2. The van der Waals surface area contributed by atoms with Crippen molar-refractivity contribution in [2.24, 2.45) is 0 Å². The smallest absolute Gasteiger partial charge is 0.414 e. The molecular weight excluding hydrogens is 771 g/mol. The largest absolute Gasteiger partial charge is 0.507 e. The number of benzene rings is 4. The van der Waals surface area contributed by atoms with Crippen molar-refractivity contribution in [1.29, 1.82) is 0 Å². The average Bonchev–Trinajstić information content (AvgIpc) is 3.69. The van der Waals surface area contributed by atoms with Crippen LogP contribution < -0.4 is 20.4 Å². The molecule has 2 atom stereocenters. The molecule has 57 heavy (non-hydrogen) atoms. The van der Waals surface area contributed by atoms with E-state index in [0.717, 1.165) is 21.9 Å². The van der Waals surface area contributed by atoms with Gasteiger partial charge in [-0.25, -0.2) is 9.59 Å². The van der Waals surface area contributed by atoms with E-state index in [1.807, 2.05) is 12.1 Å². The fourth-order valence-corrected chi connectivity index (χ4v) is 8.04. The molecule has 2 heterocycles. The topological polar surface area (TPSA) is 158 Å². The molecule has 14 heteroatoms. The molecule has 4 aromatic carbocycles. The minimum atomic E-state index is -0.683. The highest BCUT2D eigenvalue weighted by Crippen LogP contribution is 2.48. The number of ether oxygens (including phenoxy) is 2. The van der Waals surface area contributed by atoms with E-state index in [1.54, 1.807) is 77.9 Å². The predicted molar refractivity (Wildman–Crippen MR) is 226 cm³/mol. The Labute approximate surface area is 342 Å². The van der Waals surface area contributed by atoms with Gasteiger partial charge in [0.2, 0.25) is 11.8 Å². The lowest BCUT2D eigenvalue weighted by molar-refractivity contribution is -0.116. The lowest BCUT2D eigenvalue weighted by Gasteiger charge is -2.25. The molecule has 0 fully saturated rings. The highest BCUT2D eigenvalue weighted by Gasteiger charge is 2.38. The highest BCUT2D eigenvalue weighted by atomic mass is 35.5. The Morgan fingerprint density at radius 2 is 1.02 bits per heavy atom. The van der Waals surface area contributed by atoms with Crippen LogP contribution in [0.25, 0.3) is 21.5 Å². The maximum absolute atomic E-state index is 13.0. The number of phenolic OH excluding ortho intramolecular Hbond substituents is 2. The van der Waals surface area contributed by atoms with Crippen LogP contribution in [0.15, 0.2) is 48.5 Å². The van der Waals surface area contributed by atoms with E-state index < -0.39 is 23.4 Å². The number of rotatable bonds is 10. The molecule has 4 amide bonds. The van der Waals surface area contributed by atoms with Crippen molar-refractivity contribution in [1.82, 2.24) is 0 Å². The Kier molecular flexibility index (Phi) is 12.1. The lowest BCUT2D eigenvalue weighted by atomic mass is 9.95. The van der Waals surface area contributed by atoms with Crippen molar-refractivity contribution in [2.75, 3.05) is 45.3 Å². The number of hydrogen-bond acceptors (Lipinski definition) is 8. The monoisotopic (exact) mass is 820 g/mol. The Hall–Kier alpha value is -4.94. The van der Waals surface area contributed by atoms with Gasteiger partial charge < -0.3 is 30.3 Å². The van der Waals surface area contributed by atoms with Gasteiger partial charge in [-0.3, -0.25) is 19.4 Å². The maximum atomic E-state index is 13.0. The fourth-order valence-electron chi connectivity index (χ4n) is 7.53. The second kappa shape index (κ2) is 16.5. The van der Waals surface area contributed by atoms with Gasteiger partial charge in [0.15, 0.2) is 0 Å². The molecule has 0 aromatic heterocycles. The van der Waals surface area contributed by atoms with Crippen molar-refractivity contribution in [3.8, 4) is 11.5 Å². The van der Waals surface area contributed by atoms with Gasteiger partial charge in [-0.1, -0.05) is 18.6 Å². The third-order valence-corrected chi connectivity index (χ3v) is 10.7. The molecule has 4 aromatic rings. The van der Waals surface area contributed by atoms with Gasteiger partial charge in [-0.05, 0) is 101 Å². The Bertz CT molecular complexity index is 2080. The third kappa shape index (κ3) is 9.28. The summed E-state index contributed by atoms with van der Waals surface area (Å²) >= 11 is 12.7. The number of halogens is 2. The zero-order valence-corrected chi connectivity index (χ0v) is 34.6. The zero-order valence-electron chi connectivity index (χ0n) is 33.1. The SMILES string of the molecule is CC(C)(C)OC(=O)N1CC(CCl)c2c1cc(O)c1cc(NC(=O)CCCCCC(=O)Nc3ccc4c5c(cc(O)c4c3)N(C(=O)OC(C)(C)C)CC5CCl)ccc21. The molecule has 2 unspecified atom stereocenters. The molecule has 0 aliphatic carbocycles. The van der Waals surface area contributed by atoms with Crippen LogP contribution in [0.5, 0.6) is 11.5 Å². The first kappa shape index (κ1) is 41.7. The molecule has 304 valence electrons. The predicted octanol–water partition coefficient (Wildman–Crippen LogP) is 10.1. The first-order chi connectivity index (χ1) is 26.9. The Morgan fingerprint density at radius 3 is 1.37 bits per heavy atom. The summed E-state index contributed by atoms with van der Waals surface area (Å²) in [6.07, 6.45) is 1.27. The summed E-state index contributed by atoms with van der Waals surface area (Å²) in [6, 6.07) is 13.7. The summed E-state index contributed by atoms with van der Waals surface area (Å²) in [5.74, 6) is -0.218. The second-order valence-electron chi connectivity index (χ2n) is 16.7. The number of phenols is 2. The van der Waals surface area contributed by atoms with E-state index in [0.29, 0.717) is 65.9 Å². The molecule has 0 radical (unpaired) electrons. The molecule has 0 saturated heterocycles. The summed E-state index contributed by atoms with van der Waals surface area (Å²) < 4.78 is 11.2. The van der Waals surface area contributed by atoms with Crippen LogP contribution >= 0.6 is 23.2 Å². The summed E-state index contributed by atoms with van der Waals surface area (Å²) in [6.45, 7) is 11.4. The Balaban J connectivity index is 1.01. The van der Waals surface area contributed by atoms with Gasteiger partial charge in [-0.15, -0.1) is 23.2 Å². The highest BCUT2D eigenvalue weighted by molar-refractivity contribution is 6.19. The minimum absolute atomic E-state index is 0.0301. The number of anilines is 4. The molecule has 0 spiro atoms. The van der Waals surface area contributed by atoms with Gasteiger partial charge in [0, 0.05) is 83.8 Å². The van der Waals surface area contributed by atoms with Crippen molar-refractivity contribution in [3.63, 3.8) is 0 Å². The maximum Gasteiger partial charge on any atom is 0.414 e. The van der Waals surface area contributed by atoms with Gasteiger partial charge in [0.1, 0.15) is 22.7 Å². The minimum Gasteiger partial charge on any atom is -0.507 e. The third-order valence-electron chi connectivity index (χ3n) is 9.95. The van der Waals surface area contributed by atoms with Crippen LogP contribution in [0.1, 0.15) is 96.6 Å². The van der Waals surface area contributed by atoms with E-state index >= 15 is 0 Å². The van der Waals surface area contributed by atoms with Crippen molar-refractivity contribution < 1.29 is 38.9 Å². The summed E-state index contributed by atoms with van der Waals surface area (Å²) in [4.78, 5) is 54.7. The van der Waals surface area contributed by atoms with Crippen molar-refractivity contribution in [2.45, 2.75) is 96.7 Å². The number of nitrogens with one attached hydrogen (secondary N) is 2. The Morgan fingerprint density at radius 1 is 0.632 bits per heavy atom. The van der Waals surface area contributed by atoms with Crippen LogP contribution in [-0.4, -0.2) is 70.3 Å². The first-order valence-corrected chi connectivity index (χ1v) is 20.3. The van der Waals surface area contributed by atoms with Gasteiger partial charge in [0.05, 0.1) is 11.4 Å². The number of nitrogens with zero attached hydrogens (tertiary/aromatic N) is 2. The van der Waals surface area contributed by atoms with Gasteiger partial charge in [0.25, 0.3) is 0 Å². The molecule has 4 N–H and O–H groups in total. The number of aromatic hydroxyl groups is 2. The molecule has 2 aliphatic heterocycles. The molecular formula is C43H50Cl2N4O8. The van der Waals surface area contributed by atoms with E-state index in [4.69, 9.17) is 32.7 Å². The molecule has 12 nitrogen and oxygen atoms in total. The van der Waals surface area contributed by atoms with Crippen LogP contribution in [-0.2, 0) is 19.1 Å². The van der Waals surface area contributed by atoms with E-state index in [2.05, 4.69) is 10.6 Å². The van der Waals surface area contributed by atoms with Crippen LogP contribution in [0.4, 0.5) is 32.3 Å². The van der Waals surface area contributed by atoms with Crippen LogP contribution in [0.2, 0.25) is 0 Å². The number of fused-ring (bicyclic) bond motifs is 6. The number of carbonyl (C=O) groups excluding carboxylic acids is 4. The number of unbranched alkanes of at least 4 members (excludes halogenated alkanes) is 2. The summed E-state index contributed by atoms with van der Waals surface area (Å²) in [5.41, 5.74) is 2.49. The fraction of sp³-hybridized carbons (Fsp3) is 0.442. The molecule has 0 saturated carbocycles. The standard InChI is InChI=1S/C43H50Cl2N4O8/c1-42(2,3)56-40(54)48-22-24(20-44)38-28-14-12-26(16-30(28)34(50)18-32(38)48)46-36(52)10-8-7-9-11-37(53)47-27-13-15-29-31(17-27)35(51)19-33-39(29)25(21-45)23-49(33)41(55)57-43(4,5)6/h12-19,24-25,50-51H,7-11,20-23H2,1-6H3,(H,46,52)(H,47,53). The van der Waals surface area contributed by atoms with E-state index in [1.165, 1.54) is 9.80 Å². The normalized spacial score (nSPS) is 16.4. The number of alkyl halides is 2. The number of amides is 4. The van der Waals surface area contributed by atoms with E-state index in [-0.39, 0.29) is 59.8 Å². The van der Waals surface area contributed by atoms with Gasteiger partial charge in [-0.2, -0.15) is 0 Å². The number of hydrogen-bond donors (Lipinski definition) is 4. The quantitative estimate of drug-likeness (QED) is 0.0909.